The molecule has 1 fully saturated rings. The zero-order valence-electron chi connectivity index (χ0n) is 13.1. The highest BCUT2D eigenvalue weighted by Crippen LogP contribution is 2.33. The molecule has 0 unspecified atom stereocenters. The lowest BCUT2D eigenvalue weighted by Crippen LogP contribution is -2.29. The van der Waals surface area contributed by atoms with E-state index in [1.54, 1.807) is 17.1 Å². The van der Waals surface area contributed by atoms with Crippen LogP contribution >= 0.6 is 0 Å². The average molecular weight is 323 g/mol. The molecule has 24 heavy (non-hydrogen) atoms. The topological polar surface area (TPSA) is 48.0 Å². The van der Waals surface area contributed by atoms with Crippen molar-refractivity contribution in [2.45, 2.75) is 6.04 Å². The van der Waals surface area contributed by atoms with Gasteiger partial charge >= 0.3 is 0 Å². The van der Waals surface area contributed by atoms with Crippen molar-refractivity contribution in [3.05, 3.63) is 65.7 Å². The molecule has 2 aromatic rings. The second-order valence-electron chi connectivity index (χ2n) is 5.68. The highest BCUT2D eigenvalue weighted by atomic mass is 16.7. The molecule has 0 aromatic heterocycles. The van der Waals surface area contributed by atoms with Crippen LogP contribution in [-0.2, 0) is 9.53 Å². The highest BCUT2D eigenvalue weighted by Gasteiger charge is 2.29. The van der Waals surface area contributed by atoms with Crippen LogP contribution in [0.25, 0.3) is 6.08 Å². The summed E-state index contributed by atoms with van der Waals surface area (Å²) in [6, 6.07) is 15.5. The first-order valence-corrected chi connectivity index (χ1v) is 7.82. The number of amides is 1. The summed E-state index contributed by atoms with van der Waals surface area (Å²) in [7, 11) is 0. The Labute approximate surface area is 140 Å². The van der Waals surface area contributed by atoms with Gasteiger partial charge in [-0.05, 0) is 29.3 Å². The molecule has 2 aliphatic rings. The van der Waals surface area contributed by atoms with E-state index in [-0.39, 0.29) is 18.7 Å². The van der Waals surface area contributed by atoms with Crippen LogP contribution in [0, 0.1) is 0 Å². The van der Waals surface area contributed by atoms with Crippen molar-refractivity contribution >= 4 is 12.0 Å². The molecular weight excluding hydrogens is 306 g/mol. The highest BCUT2D eigenvalue weighted by molar-refractivity contribution is 5.92. The van der Waals surface area contributed by atoms with Gasteiger partial charge in [-0.3, -0.25) is 4.79 Å². The molecule has 5 heteroatoms. The molecule has 0 aliphatic carbocycles. The number of hydrogen-bond donors (Lipinski definition) is 0. The molecule has 5 nitrogen and oxygen atoms in total. The molecule has 4 rings (SSSR count). The Morgan fingerprint density at radius 1 is 1.08 bits per heavy atom. The minimum atomic E-state index is -0.0704. The van der Waals surface area contributed by atoms with Crippen LogP contribution in [0.4, 0.5) is 0 Å². The van der Waals surface area contributed by atoms with E-state index in [2.05, 4.69) is 0 Å². The van der Waals surface area contributed by atoms with E-state index < -0.39 is 0 Å². The van der Waals surface area contributed by atoms with Gasteiger partial charge in [0.05, 0.1) is 12.6 Å². The molecule has 0 saturated carbocycles. The van der Waals surface area contributed by atoms with Gasteiger partial charge in [-0.2, -0.15) is 0 Å². The van der Waals surface area contributed by atoms with E-state index in [0.717, 1.165) is 16.9 Å². The van der Waals surface area contributed by atoms with E-state index >= 15 is 0 Å². The van der Waals surface area contributed by atoms with Crippen LogP contribution in [0.2, 0.25) is 0 Å². The first kappa shape index (κ1) is 14.8. The Bertz CT molecular complexity index is 772. The number of nitrogens with zero attached hydrogens (tertiary/aromatic N) is 1. The predicted octanol–water partition coefficient (Wildman–Crippen LogP) is 2.99. The van der Waals surface area contributed by atoms with Crippen LogP contribution < -0.4 is 9.47 Å². The third-order valence-corrected chi connectivity index (χ3v) is 4.16. The lowest BCUT2D eigenvalue weighted by Gasteiger charge is -2.21. The average Bonchev–Trinajstić information content (AvgIpc) is 3.29. The van der Waals surface area contributed by atoms with Crippen LogP contribution in [0.1, 0.15) is 17.2 Å². The smallest absolute Gasteiger partial charge is 0.248 e. The largest absolute Gasteiger partial charge is 0.454 e. The molecule has 0 N–H and O–H groups in total. The van der Waals surface area contributed by atoms with Gasteiger partial charge in [0.2, 0.25) is 12.7 Å². The summed E-state index contributed by atoms with van der Waals surface area (Å²) in [5.74, 6) is 1.37. The van der Waals surface area contributed by atoms with E-state index in [1.165, 1.54) is 0 Å². The molecule has 1 amide bonds. The van der Waals surface area contributed by atoms with Crippen molar-refractivity contribution in [1.29, 1.82) is 0 Å². The maximum atomic E-state index is 12.5. The normalized spacial score (nSPS) is 19.2. The van der Waals surface area contributed by atoms with Gasteiger partial charge in [0.15, 0.2) is 11.5 Å². The lowest BCUT2D eigenvalue weighted by atomic mass is 10.1. The van der Waals surface area contributed by atoms with Crippen molar-refractivity contribution in [3.63, 3.8) is 0 Å². The fourth-order valence-corrected chi connectivity index (χ4v) is 2.89. The van der Waals surface area contributed by atoms with Crippen LogP contribution in [-0.4, -0.2) is 30.9 Å². The second kappa shape index (κ2) is 6.37. The molecule has 0 bridgehead atoms. The maximum absolute atomic E-state index is 12.5. The van der Waals surface area contributed by atoms with Crippen molar-refractivity contribution in [1.82, 2.24) is 4.90 Å². The Morgan fingerprint density at radius 2 is 1.92 bits per heavy atom. The summed E-state index contributed by atoms with van der Waals surface area (Å²) in [5.41, 5.74) is 1.98. The standard InChI is InChI=1S/C19H17NO4/c21-19(9-7-14-6-8-17-18(10-14)24-13-23-17)20-12-22-11-16(20)15-4-2-1-3-5-15/h1-10,16H,11-13H2/b9-7+/t16-/m1/s1. The Hall–Kier alpha value is -2.79. The fourth-order valence-electron chi connectivity index (χ4n) is 2.89. The number of rotatable bonds is 3. The van der Waals surface area contributed by atoms with Gasteiger partial charge in [-0.25, -0.2) is 0 Å². The van der Waals surface area contributed by atoms with Gasteiger partial charge in [0, 0.05) is 6.08 Å². The summed E-state index contributed by atoms with van der Waals surface area (Å²) in [4.78, 5) is 14.3. The predicted molar refractivity (Wildman–Crippen MR) is 88.4 cm³/mol. The van der Waals surface area contributed by atoms with E-state index in [1.807, 2.05) is 48.5 Å². The summed E-state index contributed by atoms with van der Waals surface area (Å²) in [6.07, 6.45) is 3.35. The summed E-state index contributed by atoms with van der Waals surface area (Å²) < 4.78 is 16.1. The van der Waals surface area contributed by atoms with Crippen LogP contribution in [0.15, 0.2) is 54.6 Å². The number of fused-ring (bicyclic) bond motifs is 1. The van der Waals surface area contributed by atoms with Gasteiger partial charge in [0.1, 0.15) is 6.73 Å². The zero-order chi connectivity index (χ0) is 16.4. The minimum absolute atomic E-state index is 0.0416. The molecule has 0 spiro atoms. The molecule has 2 heterocycles. The molecule has 122 valence electrons. The van der Waals surface area contributed by atoms with Crippen LogP contribution in [0.3, 0.4) is 0 Å². The fraction of sp³-hybridized carbons (Fsp3) is 0.211. The molecule has 1 saturated heterocycles. The van der Waals surface area contributed by atoms with Crippen molar-refractivity contribution in [3.8, 4) is 11.5 Å². The Kier molecular flexibility index (Phi) is 3.92. The quantitative estimate of drug-likeness (QED) is 0.815. The lowest BCUT2D eigenvalue weighted by molar-refractivity contribution is -0.128. The number of carbonyl (C=O) groups is 1. The van der Waals surface area contributed by atoms with Crippen molar-refractivity contribution in [2.24, 2.45) is 0 Å². The van der Waals surface area contributed by atoms with Crippen molar-refractivity contribution < 1.29 is 19.0 Å². The van der Waals surface area contributed by atoms with Crippen molar-refractivity contribution in [2.75, 3.05) is 20.1 Å². The first-order chi connectivity index (χ1) is 11.8. The zero-order valence-corrected chi connectivity index (χ0v) is 13.1. The molecular formula is C19H17NO4. The Balaban J connectivity index is 1.49. The number of ether oxygens (including phenoxy) is 3. The molecule has 2 aliphatic heterocycles. The number of benzene rings is 2. The number of carbonyl (C=O) groups excluding carboxylic acids is 1. The van der Waals surface area contributed by atoms with Gasteiger partial charge in [-0.15, -0.1) is 0 Å². The van der Waals surface area contributed by atoms with Gasteiger partial charge in [0.25, 0.3) is 0 Å². The molecule has 1 atom stereocenters. The van der Waals surface area contributed by atoms with Gasteiger partial charge < -0.3 is 19.1 Å². The first-order valence-electron chi connectivity index (χ1n) is 7.82. The second-order valence-corrected chi connectivity index (χ2v) is 5.68. The van der Waals surface area contributed by atoms with E-state index in [0.29, 0.717) is 19.1 Å². The van der Waals surface area contributed by atoms with Gasteiger partial charge in [-0.1, -0.05) is 36.4 Å². The maximum Gasteiger partial charge on any atom is 0.248 e. The third kappa shape index (κ3) is 2.86. The molecule has 0 radical (unpaired) electrons. The summed E-state index contributed by atoms with van der Waals surface area (Å²) in [5, 5.41) is 0. The van der Waals surface area contributed by atoms with E-state index in [4.69, 9.17) is 14.2 Å². The van der Waals surface area contributed by atoms with E-state index in [9.17, 15) is 4.79 Å². The summed E-state index contributed by atoms with van der Waals surface area (Å²) >= 11 is 0. The number of hydrogen-bond acceptors (Lipinski definition) is 4. The Morgan fingerprint density at radius 3 is 2.79 bits per heavy atom. The molecule has 2 aromatic carbocycles. The SMILES string of the molecule is O=C(/C=C/c1ccc2c(c1)OCO2)N1COC[C@@H]1c1ccccc1. The monoisotopic (exact) mass is 323 g/mol. The third-order valence-electron chi connectivity index (χ3n) is 4.16. The minimum Gasteiger partial charge on any atom is -0.454 e. The summed E-state index contributed by atoms with van der Waals surface area (Å²) in [6.45, 7) is 1.07. The van der Waals surface area contributed by atoms with Crippen LogP contribution in [0.5, 0.6) is 11.5 Å².